The second-order valence-corrected chi connectivity index (χ2v) is 8.41. The highest BCUT2D eigenvalue weighted by Gasteiger charge is 2.52. The molecule has 1 fully saturated rings. The van der Waals surface area contributed by atoms with Gasteiger partial charge in [-0.05, 0) is 48.2 Å². The number of Topliss-reactive ketones (excluding diaryl/α,β-unsaturated/α-hetero) is 2. The van der Waals surface area contributed by atoms with Crippen molar-refractivity contribution in [2.45, 2.75) is 32.7 Å². The SMILES string of the molecule is COc1ccc(C2C(C(=O)c3ccc(C(C)C)cc3)C(=O)C(=O)N2c2ccc(C)nn2)cc1. The molecule has 1 amide bonds. The molecule has 168 valence electrons. The summed E-state index contributed by atoms with van der Waals surface area (Å²) in [6, 6.07) is 16.7. The number of rotatable bonds is 6. The highest BCUT2D eigenvalue weighted by atomic mass is 16.5. The summed E-state index contributed by atoms with van der Waals surface area (Å²) in [7, 11) is 1.55. The number of benzene rings is 2. The van der Waals surface area contributed by atoms with Crippen LogP contribution in [0.25, 0.3) is 0 Å². The molecular formula is C26H25N3O4. The van der Waals surface area contributed by atoms with Gasteiger partial charge < -0.3 is 4.74 Å². The zero-order valence-corrected chi connectivity index (χ0v) is 19.0. The summed E-state index contributed by atoms with van der Waals surface area (Å²) in [6.45, 7) is 5.91. The third-order valence-electron chi connectivity index (χ3n) is 5.94. The number of carbonyl (C=O) groups excluding carboxylic acids is 3. The molecule has 0 aliphatic carbocycles. The van der Waals surface area contributed by atoms with E-state index in [2.05, 4.69) is 24.0 Å². The van der Waals surface area contributed by atoms with E-state index in [1.54, 1.807) is 62.6 Å². The number of hydrogen-bond acceptors (Lipinski definition) is 6. The number of nitrogens with zero attached hydrogens (tertiary/aromatic N) is 3. The van der Waals surface area contributed by atoms with Crippen molar-refractivity contribution in [2.24, 2.45) is 5.92 Å². The van der Waals surface area contributed by atoms with Crippen molar-refractivity contribution in [3.05, 3.63) is 83.0 Å². The van der Waals surface area contributed by atoms with Gasteiger partial charge in [-0.25, -0.2) is 0 Å². The minimum atomic E-state index is -1.20. The first-order chi connectivity index (χ1) is 15.8. The molecule has 0 bridgehead atoms. The summed E-state index contributed by atoms with van der Waals surface area (Å²) in [5.74, 6) is -1.95. The Morgan fingerprint density at radius 2 is 1.61 bits per heavy atom. The monoisotopic (exact) mass is 443 g/mol. The number of ketones is 2. The Labute approximate surface area is 192 Å². The van der Waals surface area contributed by atoms with Gasteiger partial charge >= 0.3 is 0 Å². The summed E-state index contributed by atoms with van der Waals surface area (Å²) in [4.78, 5) is 41.1. The van der Waals surface area contributed by atoms with Gasteiger partial charge in [0.2, 0.25) is 5.78 Å². The van der Waals surface area contributed by atoms with Gasteiger partial charge in [0.25, 0.3) is 5.91 Å². The van der Waals surface area contributed by atoms with E-state index in [4.69, 9.17) is 4.74 Å². The van der Waals surface area contributed by atoms with Crippen LogP contribution in [0, 0.1) is 12.8 Å². The number of hydrogen-bond donors (Lipinski definition) is 0. The average molecular weight is 444 g/mol. The Morgan fingerprint density at radius 3 is 2.15 bits per heavy atom. The molecule has 7 nitrogen and oxygen atoms in total. The van der Waals surface area contributed by atoms with Gasteiger partial charge in [0.1, 0.15) is 11.7 Å². The largest absolute Gasteiger partial charge is 0.497 e. The smallest absolute Gasteiger partial charge is 0.297 e. The summed E-state index contributed by atoms with van der Waals surface area (Å²) < 4.78 is 5.24. The lowest BCUT2D eigenvalue weighted by atomic mass is 9.86. The van der Waals surface area contributed by atoms with Crippen molar-refractivity contribution in [3.8, 4) is 5.75 Å². The number of anilines is 1. The summed E-state index contributed by atoms with van der Waals surface area (Å²) >= 11 is 0. The lowest BCUT2D eigenvalue weighted by Crippen LogP contribution is -2.31. The molecule has 1 aromatic heterocycles. The maximum absolute atomic E-state index is 13.6. The maximum Gasteiger partial charge on any atom is 0.297 e. The minimum absolute atomic E-state index is 0.227. The molecule has 1 aliphatic rings. The van der Waals surface area contributed by atoms with Crippen molar-refractivity contribution in [3.63, 3.8) is 0 Å². The van der Waals surface area contributed by atoms with Crippen molar-refractivity contribution < 1.29 is 19.1 Å². The molecule has 0 radical (unpaired) electrons. The molecule has 4 rings (SSSR count). The van der Waals surface area contributed by atoms with Crippen LogP contribution in [0.15, 0.2) is 60.7 Å². The summed E-state index contributed by atoms with van der Waals surface area (Å²) in [5.41, 5.74) is 2.79. The van der Waals surface area contributed by atoms with E-state index in [1.807, 2.05) is 12.1 Å². The third-order valence-corrected chi connectivity index (χ3v) is 5.94. The van der Waals surface area contributed by atoms with Gasteiger partial charge in [-0.1, -0.05) is 50.2 Å². The van der Waals surface area contributed by atoms with Crippen molar-refractivity contribution >= 4 is 23.3 Å². The predicted molar refractivity (Wildman–Crippen MR) is 123 cm³/mol. The fraction of sp³-hybridized carbons (Fsp3) is 0.269. The Kier molecular flexibility index (Phi) is 6.05. The molecule has 0 N–H and O–H groups in total. The van der Waals surface area contributed by atoms with E-state index in [0.717, 1.165) is 5.56 Å². The van der Waals surface area contributed by atoms with E-state index >= 15 is 0 Å². The Hall–Kier alpha value is -3.87. The van der Waals surface area contributed by atoms with Gasteiger partial charge in [-0.2, -0.15) is 5.10 Å². The van der Waals surface area contributed by atoms with Gasteiger partial charge in [0.05, 0.1) is 18.8 Å². The first-order valence-electron chi connectivity index (χ1n) is 10.8. The van der Waals surface area contributed by atoms with E-state index < -0.39 is 29.4 Å². The number of aromatic nitrogens is 2. The molecule has 1 aliphatic heterocycles. The standard InChI is InChI=1S/C26H25N3O4/c1-15(2)17-6-8-19(9-7-17)24(30)22-23(18-10-12-20(33-4)13-11-18)29(26(32)25(22)31)21-14-5-16(3)27-28-21/h5-15,22-23H,1-4H3. The number of aryl methyl sites for hydroxylation is 1. The molecule has 0 saturated carbocycles. The van der Waals surface area contributed by atoms with Crippen LogP contribution < -0.4 is 9.64 Å². The van der Waals surface area contributed by atoms with Gasteiger partial charge in [-0.3, -0.25) is 19.3 Å². The number of carbonyl (C=O) groups is 3. The van der Waals surface area contributed by atoms with Crippen LogP contribution in [0.1, 0.15) is 53.0 Å². The first kappa shape index (κ1) is 22.3. The Balaban J connectivity index is 1.80. The average Bonchev–Trinajstić information content (AvgIpc) is 3.09. The lowest BCUT2D eigenvalue weighted by Gasteiger charge is -2.26. The fourth-order valence-electron chi connectivity index (χ4n) is 4.05. The van der Waals surface area contributed by atoms with Crippen LogP contribution in [-0.2, 0) is 9.59 Å². The predicted octanol–water partition coefficient (Wildman–Crippen LogP) is 4.07. The first-order valence-corrected chi connectivity index (χ1v) is 10.8. The second-order valence-electron chi connectivity index (χ2n) is 8.41. The fourth-order valence-corrected chi connectivity index (χ4v) is 4.05. The number of methoxy groups -OCH3 is 1. The molecule has 2 atom stereocenters. The number of amides is 1. The van der Waals surface area contributed by atoms with Crippen LogP contribution in [0.3, 0.4) is 0 Å². The minimum Gasteiger partial charge on any atom is -0.497 e. The molecule has 2 unspecified atom stereocenters. The van der Waals surface area contributed by atoms with Crippen LogP contribution in [0.2, 0.25) is 0 Å². The van der Waals surface area contributed by atoms with E-state index in [-0.39, 0.29) is 5.82 Å². The molecular weight excluding hydrogens is 418 g/mol. The topological polar surface area (TPSA) is 89.5 Å². The van der Waals surface area contributed by atoms with E-state index in [0.29, 0.717) is 28.5 Å². The molecule has 7 heteroatoms. The van der Waals surface area contributed by atoms with Gasteiger partial charge in [0.15, 0.2) is 11.6 Å². The zero-order valence-electron chi connectivity index (χ0n) is 19.0. The molecule has 2 heterocycles. The molecule has 33 heavy (non-hydrogen) atoms. The molecule has 0 spiro atoms. The highest BCUT2D eigenvalue weighted by Crippen LogP contribution is 2.41. The Morgan fingerprint density at radius 1 is 0.939 bits per heavy atom. The lowest BCUT2D eigenvalue weighted by molar-refractivity contribution is -0.135. The van der Waals surface area contributed by atoms with Gasteiger partial charge in [-0.15, -0.1) is 5.10 Å². The maximum atomic E-state index is 13.6. The quantitative estimate of drug-likeness (QED) is 0.324. The highest BCUT2D eigenvalue weighted by molar-refractivity contribution is 6.48. The van der Waals surface area contributed by atoms with Gasteiger partial charge in [0, 0.05) is 5.56 Å². The molecule has 2 aromatic carbocycles. The second kappa shape index (κ2) is 8.94. The molecule has 3 aromatic rings. The van der Waals surface area contributed by atoms with E-state index in [1.165, 1.54) is 4.90 Å². The van der Waals surface area contributed by atoms with Crippen LogP contribution >= 0.6 is 0 Å². The third kappa shape index (κ3) is 4.14. The van der Waals surface area contributed by atoms with Crippen LogP contribution in [0.5, 0.6) is 5.75 Å². The normalized spacial score (nSPS) is 18.2. The summed E-state index contributed by atoms with van der Waals surface area (Å²) in [5, 5.41) is 8.15. The zero-order chi connectivity index (χ0) is 23.7. The van der Waals surface area contributed by atoms with Crippen LogP contribution in [-0.4, -0.2) is 34.8 Å². The summed E-state index contributed by atoms with van der Waals surface area (Å²) in [6.07, 6.45) is 0. The van der Waals surface area contributed by atoms with Crippen molar-refractivity contribution in [2.75, 3.05) is 12.0 Å². The van der Waals surface area contributed by atoms with Crippen molar-refractivity contribution in [1.29, 1.82) is 0 Å². The Bertz CT molecular complexity index is 1190. The van der Waals surface area contributed by atoms with Crippen LogP contribution in [0.4, 0.5) is 5.82 Å². The van der Waals surface area contributed by atoms with E-state index in [9.17, 15) is 14.4 Å². The molecule has 1 saturated heterocycles. The number of ether oxygens (including phenoxy) is 1. The van der Waals surface area contributed by atoms with Crippen molar-refractivity contribution in [1.82, 2.24) is 10.2 Å².